The maximum absolute atomic E-state index is 12.3. The standard InChI is InChI=1S/C17H25BrN2O3.ClH/c1-22-12-17(5-7-19-8-6-17)11-20-16(21)10-13-9-14(18)3-4-15(13)23-2;/h3-4,9,19H,5-8,10-12H2,1-2H3,(H,20,21);1H. The first-order valence-electron chi connectivity index (χ1n) is 7.87. The number of hydrogen-bond acceptors (Lipinski definition) is 4. The molecule has 1 saturated heterocycles. The first-order valence-corrected chi connectivity index (χ1v) is 8.67. The van der Waals surface area contributed by atoms with Crippen LogP contribution in [0.3, 0.4) is 0 Å². The first kappa shape index (κ1) is 21.2. The fourth-order valence-corrected chi connectivity index (χ4v) is 3.45. The van der Waals surface area contributed by atoms with Crippen molar-refractivity contribution in [3.05, 3.63) is 28.2 Å². The molecule has 1 aliphatic heterocycles. The molecule has 1 aromatic rings. The Morgan fingerprint density at radius 2 is 2.04 bits per heavy atom. The number of piperidine rings is 1. The molecular weight excluding hydrogens is 396 g/mol. The SMILES string of the molecule is COCC1(CNC(=O)Cc2cc(Br)ccc2OC)CCNCC1.Cl. The van der Waals surface area contributed by atoms with Gasteiger partial charge in [0.25, 0.3) is 0 Å². The van der Waals surface area contributed by atoms with Crippen LogP contribution in [-0.4, -0.2) is 46.4 Å². The monoisotopic (exact) mass is 420 g/mol. The minimum Gasteiger partial charge on any atom is -0.496 e. The van der Waals surface area contributed by atoms with E-state index in [4.69, 9.17) is 9.47 Å². The molecule has 1 aliphatic rings. The summed E-state index contributed by atoms with van der Waals surface area (Å²) < 4.78 is 11.6. The molecule has 0 aliphatic carbocycles. The lowest BCUT2D eigenvalue weighted by Gasteiger charge is -2.37. The summed E-state index contributed by atoms with van der Waals surface area (Å²) in [5.41, 5.74) is 0.919. The molecule has 1 fully saturated rings. The van der Waals surface area contributed by atoms with Gasteiger partial charge in [-0.2, -0.15) is 0 Å². The summed E-state index contributed by atoms with van der Waals surface area (Å²) in [6.07, 6.45) is 2.34. The van der Waals surface area contributed by atoms with Crippen molar-refractivity contribution in [1.29, 1.82) is 0 Å². The van der Waals surface area contributed by atoms with E-state index in [1.807, 2.05) is 18.2 Å². The Labute approximate surface area is 158 Å². The lowest BCUT2D eigenvalue weighted by atomic mass is 9.79. The van der Waals surface area contributed by atoms with Gasteiger partial charge in [0.05, 0.1) is 20.1 Å². The van der Waals surface area contributed by atoms with Crippen LogP contribution in [0.1, 0.15) is 18.4 Å². The number of carbonyl (C=O) groups is 1. The average molecular weight is 422 g/mol. The first-order chi connectivity index (χ1) is 11.1. The molecule has 2 rings (SSSR count). The average Bonchev–Trinajstić information content (AvgIpc) is 2.55. The highest BCUT2D eigenvalue weighted by molar-refractivity contribution is 9.10. The topological polar surface area (TPSA) is 59.6 Å². The molecule has 1 aromatic carbocycles. The molecule has 0 unspecified atom stereocenters. The van der Waals surface area contributed by atoms with E-state index in [2.05, 4.69) is 26.6 Å². The molecule has 5 nitrogen and oxygen atoms in total. The van der Waals surface area contributed by atoms with Gasteiger partial charge in [0.15, 0.2) is 0 Å². The smallest absolute Gasteiger partial charge is 0.224 e. The van der Waals surface area contributed by atoms with Gasteiger partial charge in [-0.3, -0.25) is 4.79 Å². The third-order valence-electron chi connectivity index (χ3n) is 4.37. The summed E-state index contributed by atoms with van der Waals surface area (Å²) >= 11 is 3.44. The highest BCUT2D eigenvalue weighted by Gasteiger charge is 2.32. The van der Waals surface area contributed by atoms with Crippen LogP contribution in [0, 0.1) is 5.41 Å². The number of carbonyl (C=O) groups excluding carboxylic acids is 1. The summed E-state index contributed by atoms with van der Waals surface area (Å²) in [5.74, 6) is 0.743. The zero-order valence-electron chi connectivity index (χ0n) is 14.2. The van der Waals surface area contributed by atoms with Crippen LogP contribution in [0.2, 0.25) is 0 Å². The molecule has 2 N–H and O–H groups in total. The number of rotatable bonds is 7. The molecule has 0 radical (unpaired) electrons. The van der Waals surface area contributed by atoms with Crippen molar-refractivity contribution in [3.63, 3.8) is 0 Å². The van der Waals surface area contributed by atoms with Gasteiger partial charge in [0, 0.05) is 29.1 Å². The van der Waals surface area contributed by atoms with Gasteiger partial charge in [-0.15, -0.1) is 12.4 Å². The molecule has 1 amide bonds. The molecule has 7 heteroatoms. The van der Waals surface area contributed by atoms with Gasteiger partial charge >= 0.3 is 0 Å². The summed E-state index contributed by atoms with van der Waals surface area (Å²) in [7, 11) is 3.34. The summed E-state index contributed by atoms with van der Waals surface area (Å²) in [5, 5.41) is 6.44. The van der Waals surface area contributed by atoms with E-state index in [0.29, 0.717) is 19.6 Å². The molecule has 24 heavy (non-hydrogen) atoms. The molecule has 0 spiro atoms. The van der Waals surface area contributed by atoms with Crippen LogP contribution in [0.4, 0.5) is 0 Å². The Bertz CT molecular complexity index is 531. The van der Waals surface area contributed by atoms with Crippen LogP contribution in [0.25, 0.3) is 0 Å². The largest absolute Gasteiger partial charge is 0.496 e. The molecule has 136 valence electrons. The molecular formula is C17H26BrClN2O3. The van der Waals surface area contributed by atoms with E-state index in [-0.39, 0.29) is 23.7 Å². The zero-order valence-corrected chi connectivity index (χ0v) is 16.6. The van der Waals surface area contributed by atoms with E-state index in [1.165, 1.54) is 0 Å². The number of halogens is 2. The fourth-order valence-electron chi connectivity index (χ4n) is 3.04. The lowest BCUT2D eigenvalue weighted by molar-refractivity contribution is -0.121. The van der Waals surface area contributed by atoms with Gasteiger partial charge in [-0.05, 0) is 44.1 Å². The predicted molar refractivity (Wildman–Crippen MR) is 101 cm³/mol. The number of methoxy groups -OCH3 is 2. The highest BCUT2D eigenvalue weighted by atomic mass is 79.9. The number of benzene rings is 1. The van der Waals surface area contributed by atoms with Crippen molar-refractivity contribution in [1.82, 2.24) is 10.6 Å². The number of nitrogens with one attached hydrogen (secondary N) is 2. The lowest BCUT2D eigenvalue weighted by Crippen LogP contribution is -2.47. The maximum Gasteiger partial charge on any atom is 0.224 e. The fraction of sp³-hybridized carbons (Fsp3) is 0.588. The Kier molecular flexibility index (Phi) is 9.05. The number of hydrogen-bond donors (Lipinski definition) is 2. The second-order valence-electron chi connectivity index (χ2n) is 6.09. The Balaban J connectivity index is 0.00000288. The van der Waals surface area contributed by atoms with Crippen molar-refractivity contribution in [2.45, 2.75) is 19.3 Å². The summed E-state index contributed by atoms with van der Waals surface area (Å²) in [6, 6.07) is 5.70. The predicted octanol–water partition coefficient (Wildman–Crippen LogP) is 2.55. The zero-order chi connectivity index (χ0) is 16.7. The van der Waals surface area contributed by atoms with Gasteiger partial charge in [0.2, 0.25) is 5.91 Å². The Morgan fingerprint density at radius 1 is 1.33 bits per heavy atom. The van der Waals surface area contributed by atoms with E-state index in [9.17, 15) is 4.79 Å². The van der Waals surface area contributed by atoms with Crippen LogP contribution >= 0.6 is 28.3 Å². The number of amides is 1. The van der Waals surface area contributed by atoms with Crippen molar-refractivity contribution in [2.24, 2.45) is 5.41 Å². The van der Waals surface area contributed by atoms with E-state index >= 15 is 0 Å². The summed E-state index contributed by atoms with van der Waals surface area (Å²) in [4.78, 5) is 12.3. The second-order valence-corrected chi connectivity index (χ2v) is 7.01. The van der Waals surface area contributed by atoms with Crippen LogP contribution < -0.4 is 15.4 Å². The van der Waals surface area contributed by atoms with Crippen LogP contribution in [0.15, 0.2) is 22.7 Å². The van der Waals surface area contributed by atoms with Gasteiger partial charge in [-0.1, -0.05) is 15.9 Å². The van der Waals surface area contributed by atoms with Crippen molar-refractivity contribution in [3.8, 4) is 5.75 Å². The van der Waals surface area contributed by atoms with Crippen LogP contribution in [-0.2, 0) is 16.0 Å². The molecule has 0 bridgehead atoms. The molecule has 0 saturated carbocycles. The van der Waals surface area contributed by atoms with Crippen LogP contribution in [0.5, 0.6) is 5.75 Å². The molecule has 0 aromatic heterocycles. The van der Waals surface area contributed by atoms with E-state index in [1.54, 1.807) is 14.2 Å². The van der Waals surface area contributed by atoms with Gasteiger partial charge in [0.1, 0.15) is 5.75 Å². The normalized spacial score (nSPS) is 16.1. The minimum atomic E-state index is 0. The number of ether oxygens (including phenoxy) is 2. The van der Waals surface area contributed by atoms with E-state index < -0.39 is 0 Å². The quantitative estimate of drug-likeness (QED) is 0.710. The van der Waals surface area contributed by atoms with Gasteiger partial charge in [-0.25, -0.2) is 0 Å². The molecule has 1 heterocycles. The van der Waals surface area contributed by atoms with Gasteiger partial charge < -0.3 is 20.1 Å². The van der Waals surface area contributed by atoms with E-state index in [0.717, 1.165) is 41.7 Å². The van der Waals surface area contributed by atoms with Crippen molar-refractivity contribution >= 4 is 34.2 Å². The maximum atomic E-state index is 12.3. The second kappa shape index (κ2) is 10.2. The highest BCUT2D eigenvalue weighted by Crippen LogP contribution is 2.28. The Hall–Kier alpha value is -0.820. The van der Waals surface area contributed by atoms with Crippen molar-refractivity contribution in [2.75, 3.05) is 40.5 Å². The molecule has 0 atom stereocenters. The Morgan fingerprint density at radius 3 is 2.67 bits per heavy atom. The minimum absolute atomic E-state index is 0. The third kappa shape index (κ3) is 5.92. The summed E-state index contributed by atoms with van der Waals surface area (Å²) in [6.45, 7) is 3.27. The van der Waals surface area contributed by atoms with Crippen molar-refractivity contribution < 1.29 is 14.3 Å². The third-order valence-corrected chi connectivity index (χ3v) is 4.86.